The Balaban J connectivity index is 1.70. The molecular weight excluding hydrogens is 302 g/mol. The molecule has 2 atom stereocenters. The Morgan fingerprint density at radius 1 is 0.875 bits per heavy atom. The van der Waals surface area contributed by atoms with Crippen LogP contribution < -0.4 is 16.4 Å². The average Bonchev–Trinajstić information content (AvgIpc) is 3.11. The van der Waals surface area contributed by atoms with E-state index in [4.69, 9.17) is 0 Å². The van der Waals surface area contributed by atoms with E-state index in [1.54, 1.807) is 0 Å². The fraction of sp³-hybridized carbons (Fsp3) is 0.105. The van der Waals surface area contributed by atoms with Crippen LogP contribution in [0.15, 0.2) is 66.7 Å². The Kier molecular flexibility index (Phi) is 3.74. The maximum atomic E-state index is 11.3. The van der Waals surface area contributed by atoms with Crippen molar-refractivity contribution in [1.82, 2.24) is 16.4 Å². The van der Waals surface area contributed by atoms with Gasteiger partial charge < -0.3 is 5.11 Å². The second-order valence-corrected chi connectivity index (χ2v) is 5.86. The van der Waals surface area contributed by atoms with Crippen molar-refractivity contribution in [3.8, 4) is 11.1 Å². The maximum absolute atomic E-state index is 11.3. The van der Waals surface area contributed by atoms with Gasteiger partial charge in [-0.2, -0.15) is 5.53 Å². The topological polar surface area (TPSA) is 73.4 Å². The normalized spacial score (nSPS) is 20.3. The van der Waals surface area contributed by atoms with Crippen LogP contribution in [-0.2, 0) is 4.79 Å². The SMILES string of the molecule is O=C(O)C1NNNC1c1ccc(-c2cccc3ccccc23)cc1. The summed E-state index contributed by atoms with van der Waals surface area (Å²) >= 11 is 0. The molecule has 5 nitrogen and oxygen atoms in total. The van der Waals surface area contributed by atoms with Crippen molar-refractivity contribution in [3.05, 3.63) is 72.3 Å². The monoisotopic (exact) mass is 319 g/mol. The third kappa shape index (κ3) is 2.55. The predicted molar refractivity (Wildman–Crippen MR) is 93.0 cm³/mol. The number of hydrogen-bond donors (Lipinski definition) is 4. The molecule has 3 aromatic rings. The van der Waals surface area contributed by atoms with Crippen LogP contribution in [0.3, 0.4) is 0 Å². The van der Waals surface area contributed by atoms with E-state index in [9.17, 15) is 9.90 Å². The van der Waals surface area contributed by atoms with Crippen molar-refractivity contribution in [2.24, 2.45) is 0 Å². The Morgan fingerprint density at radius 2 is 1.62 bits per heavy atom. The molecular formula is C19H17N3O2. The molecule has 0 saturated carbocycles. The van der Waals surface area contributed by atoms with Crippen LogP contribution in [0.5, 0.6) is 0 Å². The van der Waals surface area contributed by atoms with E-state index in [2.05, 4.69) is 46.7 Å². The molecule has 1 heterocycles. The lowest BCUT2D eigenvalue weighted by Crippen LogP contribution is -2.38. The van der Waals surface area contributed by atoms with E-state index in [1.165, 1.54) is 16.3 Å². The lowest BCUT2D eigenvalue weighted by Gasteiger charge is -2.15. The van der Waals surface area contributed by atoms with Crippen LogP contribution in [0, 0.1) is 0 Å². The summed E-state index contributed by atoms with van der Waals surface area (Å²) in [6.45, 7) is 0. The summed E-state index contributed by atoms with van der Waals surface area (Å²) in [6.07, 6.45) is 0. The second kappa shape index (κ2) is 6.05. The van der Waals surface area contributed by atoms with Crippen molar-refractivity contribution in [3.63, 3.8) is 0 Å². The Hall–Kier alpha value is -2.73. The fourth-order valence-corrected chi connectivity index (χ4v) is 3.19. The van der Waals surface area contributed by atoms with Crippen LogP contribution in [0.1, 0.15) is 11.6 Å². The summed E-state index contributed by atoms with van der Waals surface area (Å²) in [5, 5.41) is 11.7. The number of rotatable bonds is 3. The van der Waals surface area contributed by atoms with Gasteiger partial charge >= 0.3 is 5.97 Å². The number of benzene rings is 3. The van der Waals surface area contributed by atoms with Gasteiger partial charge in [0.2, 0.25) is 0 Å². The summed E-state index contributed by atoms with van der Waals surface area (Å²) in [7, 11) is 0. The molecule has 4 rings (SSSR count). The molecule has 120 valence electrons. The standard InChI is InChI=1S/C19H17N3O2/c23-19(24)18-17(20-22-21-18)14-10-8-13(9-11-14)16-7-3-5-12-4-1-2-6-15(12)16/h1-11,17-18,20-22H,(H,23,24). The van der Waals surface area contributed by atoms with Gasteiger partial charge in [0.05, 0.1) is 6.04 Å². The zero-order chi connectivity index (χ0) is 16.5. The van der Waals surface area contributed by atoms with Gasteiger partial charge in [0.25, 0.3) is 0 Å². The average molecular weight is 319 g/mol. The highest BCUT2D eigenvalue weighted by Gasteiger charge is 2.33. The van der Waals surface area contributed by atoms with Gasteiger partial charge in [-0.3, -0.25) is 4.79 Å². The molecule has 5 heteroatoms. The van der Waals surface area contributed by atoms with Crippen molar-refractivity contribution < 1.29 is 9.90 Å². The number of fused-ring (bicyclic) bond motifs is 1. The predicted octanol–water partition coefficient (Wildman–Crippen LogP) is 2.61. The number of aliphatic carboxylic acids is 1. The first-order chi connectivity index (χ1) is 11.7. The maximum Gasteiger partial charge on any atom is 0.324 e. The van der Waals surface area contributed by atoms with Gasteiger partial charge in [0.1, 0.15) is 6.04 Å². The first-order valence-electron chi connectivity index (χ1n) is 7.81. The van der Waals surface area contributed by atoms with Gasteiger partial charge in [-0.25, -0.2) is 10.9 Å². The fourth-order valence-electron chi connectivity index (χ4n) is 3.19. The molecule has 3 aromatic carbocycles. The minimum absolute atomic E-state index is 0.316. The molecule has 0 amide bonds. The molecule has 0 aromatic heterocycles. The van der Waals surface area contributed by atoms with Crippen molar-refractivity contribution in [1.29, 1.82) is 0 Å². The van der Waals surface area contributed by atoms with Crippen LogP contribution in [0.25, 0.3) is 21.9 Å². The van der Waals surface area contributed by atoms with E-state index in [0.29, 0.717) is 0 Å². The number of hydrazine groups is 2. The highest BCUT2D eigenvalue weighted by molar-refractivity contribution is 5.96. The molecule has 0 spiro atoms. The largest absolute Gasteiger partial charge is 0.480 e. The smallest absolute Gasteiger partial charge is 0.324 e. The van der Waals surface area contributed by atoms with Gasteiger partial charge in [-0.15, -0.1) is 0 Å². The number of carboxylic acids is 1. The van der Waals surface area contributed by atoms with Crippen molar-refractivity contribution in [2.75, 3.05) is 0 Å². The molecule has 24 heavy (non-hydrogen) atoms. The zero-order valence-electron chi connectivity index (χ0n) is 12.9. The number of carbonyl (C=O) groups is 1. The van der Waals surface area contributed by atoms with Crippen LogP contribution in [0.4, 0.5) is 0 Å². The Morgan fingerprint density at radius 3 is 2.42 bits per heavy atom. The minimum atomic E-state index is -0.893. The molecule has 0 aliphatic carbocycles. The van der Waals surface area contributed by atoms with Gasteiger partial charge in [-0.05, 0) is 27.5 Å². The molecule has 1 saturated heterocycles. The molecule has 0 bridgehead atoms. The lowest BCUT2D eigenvalue weighted by molar-refractivity contribution is -0.139. The minimum Gasteiger partial charge on any atom is -0.480 e. The Bertz CT molecular complexity index is 887. The van der Waals surface area contributed by atoms with Gasteiger partial charge in [0.15, 0.2) is 0 Å². The summed E-state index contributed by atoms with van der Waals surface area (Å²) < 4.78 is 0. The number of hydrogen-bond acceptors (Lipinski definition) is 4. The molecule has 0 radical (unpaired) electrons. The van der Waals surface area contributed by atoms with Crippen LogP contribution in [0.2, 0.25) is 0 Å². The highest BCUT2D eigenvalue weighted by Crippen LogP contribution is 2.30. The summed E-state index contributed by atoms with van der Waals surface area (Å²) in [5.41, 5.74) is 11.6. The first-order valence-corrected chi connectivity index (χ1v) is 7.81. The molecule has 2 unspecified atom stereocenters. The van der Waals surface area contributed by atoms with E-state index in [1.807, 2.05) is 36.4 Å². The molecule has 1 fully saturated rings. The molecule has 1 aliphatic rings. The molecule has 4 N–H and O–H groups in total. The number of carboxylic acid groups (broad SMARTS) is 1. The van der Waals surface area contributed by atoms with Gasteiger partial charge in [-0.1, -0.05) is 66.7 Å². The second-order valence-electron chi connectivity index (χ2n) is 5.86. The lowest BCUT2D eigenvalue weighted by atomic mass is 9.95. The quantitative estimate of drug-likeness (QED) is 0.597. The van der Waals surface area contributed by atoms with Crippen molar-refractivity contribution in [2.45, 2.75) is 12.1 Å². The van der Waals surface area contributed by atoms with Gasteiger partial charge in [0, 0.05) is 0 Å². The molecule has 1 aliphatic heterocycles. The number of nitrogens with one attached hydrogen (secondary N) is 3. The zero-order valence-corrected chi connectivity index (χ0v) is 12.9. The van der Waals surface area contributed by atoms with E-state index >= 15 is 0 Å². The van der Waals surface area contributed by atoms with Crippen molar-refractivity contribution >= 4 is 16.7 Å². The summed E-state index contributed by atoms with van der Waals surface area (Å²) in [6, 6.07) is 21.6. The summed E-state index contributed by atoms with van der Waals surface area (Å²) in [4.78, 5) is 11.3. The Labute approximate surface area is 139 Å². The van der Waals surface area contributed by atoms with E-state index in [0.717, 1.165) is 11.1 Å². The van der Waals surface area contributed by atoms with Crippen LogP contribution >= 0.6 is 0 Å². The van der Waals surface area contributed by atoms with Crippen LogP contribution in [-0.4, -0.2) is 17.1 Å². The highest BCUT2D eigenvalue weighted by atomic mass is 16.4. The van der Waals surface area contributed by atoms with E-state index in [-0.39, 0.29) is 6.04 Å². The summed E-state index contributed by atoms with van der Waals surface area (Å²) in [5.74, 6) is -0.893. The van der Waals surface area contributed by atoms with E-state index < -0.39 is 12.0 Å². The third-order valence-electron chi connectivity index (χ3n) is 4.43. The third-order valence-corrected chi connectivity index (χ3v) is 4.43. The first kappa shape index (κ1) is 14.8.